The Labute approximate surface area is 191 Å². The summed E-state index contributed by atoms with van der Waals surface area (Å²) in [4.78, 5) is 14.8. The number of amides is 1. The summed E-state index contributed by atoms with van der Waals surface area (Å²) in [6.07, 6.45) is 4.55. The van der Waals surface area contributed by atoms with Crippen molar-refractivity contribution in [3.63, 3.8) is 0 Å². The predicted octanol–water partition coefficient (Wildman–Crippen LogP) is 5.09. The minimum absolute atomic E-state index is 0.149. The number of methoxy groups -OCH3 is 1. The van der Waals surface area contributed by atoms with Gasteiger partial charge in [-0.2, -0.15) is 0 Å². The minimum atomic E-state index is 0.149. The summed E-state index contributed by atoms with van der Waals surface area (Å²) in [5, 5.41) is 10.1. The van der Waals surface area contributed by atoms with E-state index in [-0.39, 0.29) is 5.91 Å². The quantitative estimate of drug-likeness (QED) is 0.483. The summed E-state index contributed by atoms with van der Waals surface area (Å²) in [5.74, 6) is 1.88. The Hall–Kier alpha value is -2.51. The molecule has 8 heteroatoms. The molecule has 4 rings (SSSR count). The summed E-state index contributed by atoms with van der Waals surface area (Å²) < 4.78 is 7.24. The zero-order valence-corrected chi connectivity index (χ0v) is 19.0. The van der Waals surface area contributed by atoms with Crippen LogP contribution < -0.4 is 4.74 Å². The highest BCUT2D eigenvalue weighted by Crippen LogP contribution is 2.32. The van der Waals surface area contributed by atoms with Gasteiger partial charge in [-0.15, -0.1) is 10.2 Å². The number of aromatic nitrogens is 3. The van der Waals surface area contributed by atoms with Crippen molar-refractivity contribution < 1.29 is 9.53 Å². The molecule has 1 amide bonds. The molecule has 6 nitrogen and oxygen atoms in total. The Morgan fingerprint density at radius 2 is 1.74 bits per heavy atom. The Morgan fingerprint density at radius 1 is 1.03 bits per heavy atom. The largest absolute Gasteiger partial charge is 0.497 e. The topological polar surface area (TPSA) is 60.2 Å². The Kier molecular flexibility index (Phi) is 7.14. The molecule has 162 valence electrons. The molecule has 1 aliphatic rings. The normalized spacial score (nSPS) is 14.3. The third-order valence-electron chi connectivity index (χ3n) is 5.36. The first-order chi connectivity index (χ1) is 15.2. The first-order valence-electron chi connectivity index (χ1n) is 10.4. The van der Waals surface area contributed by atoms with Crippen molar-refractivity contribution in [1.82, 2.24) is 19.7 Å². The monoisotopic (exact) mass is 456 g/mol. The van der Waals surface area contributed by atoms with E-state index in [1.54, 1.807) is 7.11 Å². The molecule has 0 unspecified atom stereocenters. The van der Waals surface area contributed by atoms with Crippen LogP contribution in [0, 0.1) is 0 Å². The van der Waals surface area contributed by atoms with Crippen molar-refractivity contribution in [2.45, 2.75) is 30.8 Å². The summed E-state index contributed by atoms with van der Waals surface area (Å²) in [5.41, 5.74) is 1.67. The first-order valence-corrected chi connectivity index (χ1v) is 11.8. The van der Waals surface area contributed by atoms with E-state index in [9.17, 15) is 4.79 Å². The van der Waals surface area contributed by atoms with Gasteiger partial charge in [-0.1, -0.05) is 48.3 Å². The second-order valence-electron chi connectivity index (χ2n) is 7.40. The molecule has 1 saturated heterocycles. The summed E-state index contributed by atoms with van der Waals surface area (Å²) in [6.45, 7) is 1.69. The molecule has 2 heterocycles. The van der Waals surface area contributed by atoms with Gasteiger partial charge < -0.3 is 9.64 Å². The third-order valence-corrected chi connectivity index (χ3v) is 6.61. The average molecular weight is 457 g/mol. The van der Waals surface area contributed by atoms with Crippen molar-refractivity contribution in [2.24, 2.45) is 0 Å². The number of likely N-dealkylation sites (tertiary alicyclic amines) is 1. The molecule has 1 fully saturated rings. The predicted molar refractivity (Wildman–Crippen MR) is 124 cm³/mol. The highest BCUT2D eigenvalue weighted by atomic mass is 35.5. The van der Waals surface area contributed by atoms with Gasteiger partial charge in [0, 0.05) is 24.3 Å². The number of thioether (sulfide) groups is 1. The van der Waals surface area contributed by atoms with Gasteiger partial charge in [-0.05, 0) is 49.2 Å². The second kappa shape index (κ2) is 10.2. The van der Waals surface area contributed by atoms with Crippen LogP contribution in [0.15, 0.2) is 53.7 Å². The van der Waals surface area contributed by atoms with Gasteiger partial charge >= 0.3 is 0 Å². The number of carbonyl (C=O) groups excluding carboxylic acids is 1. The molecule has 0 radical (unpaired) electrons. The van der Waals surface area contributed by atoms with Gasteiger partial charge in [0.2, 0.25) is 5.91 Å². The van der Waals surface area contributed by atoms with Gasteiger partial charge in [-0.25, -0.2) is 0 Å². The fourth-order valence-corrected chi connectivity index (χ4v) is 4.76. The molecule has 0 saturated carbocycles. The van der Waals surface area contributed by atoms with Gasteiger partial charge in [-0.3, -0.25) is 9.36 Å². The summed E-state index contributed by atoms with van der Waals surface area (Å²) >= 11 is 7.86. The van der Waals surface area contributed by atoms with Crippen LogP contribution in [0.3, 0.4) is 0 Å². The molecule has 3 aromatic rings. The lowest BCUT2D eigenvalue weighted by molar-refractivity contribution is -0.128. The lowest BCUT2D eigenvalue weighted by atomic mass is 10.2. The molecule has 0 bridgehead atoms. The number of halogens is 1. The number of nitrogens with zero attached hydrogens (tertiary/aromatic N) is 4. The smallest absolute Gasteiger partial charge is 0.233 e. The third kappa shape index (κ3) is 5.05. The summed E-state index contributed by atoms with van der Waals surface area (Å²) in [7, 11) is 1.64. The molecule has 1 aliphatic heterocycles. The van der Waals surface area contributed by atoms with Crippen LogP contribution in [0.5, 0.6) is 5.75 Å². The second-order valence-corrected chi connectivity index (χ2v) is 8.75. The zero-order chi connectivity index (χ0) is 21.6. The Morgan fingerprint density at radius 3 is 2.42 bits per heavy atom. The molecule has 0 N–H and O–H groups in total. The molecule has 2 aromatic carbocycles. The maximum Gasteiger partial charge on any atom is 0.233 e. The first kappa shape index (κ1) is 21.7. The molecular formula is C23H25ClN4O2S. The van der Waals surface area contributed by atoms with Crippen LogP contribution >= 0.6 is 23.4 Å². The maximum atomic E-state index is 12.8. The minimum Gasteiger partial charge on any atom is -0.497 e. The average Bonchev–Trinajstić information content (AvgIpc) is 3.02. The molecule has 0 aliphatic carbocycles. The fraction of sp³-hybridized carbons (Fsp3) is 0.348. The molecule has 0 atom stereocenters. The molecule has 1 aromatic heterocycles. The number of carbonyl (C=O) groups is 1. The van der Waals surface area contributed by atoms with Gasteiger partial charge in [0.1, 0.15) is 5.75 Å². The van der Waals surface area contributed by atoms with Crippen LogP contribution in [-0.2, 0) is 4.79 Å². The van der Waals surface area contributed by atoms with Crippen LogP contribution in [0.25, 0.3) is 17.1 Å². The Bertz CT molecular complexity index is 1030. The number of hydrogen-bond acceptors (Lipinski definition) is 5. The van der Waals surface area contributed by atoms with E-state index in [1.165, 1.54) is 24.6 Å². The van der Waals surface area contributed by atoms with Crippen LogP contribution in [-0.4, -0.2) is 51.5 Å². The fourth-order valence-electron chi connectivity index (χ4n) is 3.68. The van der Waals surface area contributed by atoms with Crippen molar-refractivity contribution in [1.29, 1.82) is 0 Å². The number of benzene rings is 2. The van der Waals surface area contributed by atoms with E-state index in [1.807, 2.05) is 58.0 Å². The molecular weight excluding hydrogens is 432 g/mol. The van der Waals surface area contributed by atoms with Crippen LogP contribution in [0.1, 0.15) is 25.7 Å². The van der Waals surface area contributed by atoms with Gasteiger partial charge in [0.15, 0.2) is 11.0 Å². The van der Waals surface area contributed by atoms with E-state index in [2.05, 4.69) is 10.2 Å². The standard InChI is InChI=1S/C23H25ClN4O2S/c1-30-18-12-10-17(11-13-18)28-22(19-8-4-5-9-20(19)24)25-26-23(28)31-16-21(29)27-14-6-2-3-7-15-27/h4-5,8-13H,2-3,6-7,14-16H2,1H3. The lowest BCUT2D eigenvalue weighted by Crippen LogP contribution is -2.33. The number of ether oxygens (including phenoxy) is 1. The Balaban J connectivity index is 1.64. The maximum absolute atomic E-state index is 12.8. The van der Waals surface area contributed by atoms with Gasteiger partial charge in [0.25, 0.3) is 0 Å². The van der Waals surface area contributed by atoms with Crippen molar-refractivity contribution in [3.8, 4) is 22.8 Å². The van der Waals surface area contributed by atoms with Crippen LogP contribution in [0.2, 0.25) is 5.02 Å². The van der Waals surface area contributed by atoms with E-state index in [0.717, 1.165) is 42.9 Å². The van der Waals surface area contributed by atoms with E-state index in [0.29, 0.717) is 21.8 Å². The number of rotatable bonds is 6. The van der Waals surface area contributed by atoms with Crippen molar-refractivity contribution in [2.75, 3.05) is 26.0 Å². The lowest BCUT2D eigenvalue weighted by Gasteiger charge is -2.20. The van der Waals surface area contributed by atoms with E-state index >= 15 is 0 Å². The van der Waals surface area contributed by atoms with Gasteiger partial charge in [0.05, 0.1) is 17.9 Å². The molecule has 0 spiro atoms. The van der Waals surface area contributed by atoms with E-state index in [4.69, 9.17) is 16.3 Å². The van der Waals surface area contributed by atoms with Crippen molar-refractivity contribution >= 4 is 29.3 Å². The van der Waals surface area contributed by atoms with Crippen molar-refractivity contribution in [3.05, 3.63) is 53.6 Å². The zero-order valence-electron chi connectivity index (χ0n) is 17.5. The molecule has 31 heavy (non-hydrogen) atoms. The summed E-state index contributed by atoms with van der Waals surface area (Å²) in [6, 6.07) is 15.2. The SMILES string of the molecule is COc1ccc(-n2c(SCC(=O)N3CCCCCC3)nnc2-c2ccccc2Cl)cc1. The highest BCUT2D eigenvalue weighted by molar-refractivity contribution is 7.99. The van der Waals surface area contributed by atoms with Crippen LogP contribution in [0.4, 0.5) is 0 Å². The number of hydrogen-bond donors (Lipinski definition) is 0. The highest BCUT2D eigenvalue weighted by Gasteiger charge is 2.21. The van der Waals surface area contributed by atoms with E-state index < -0.39 is 0 Å².